The topological polar surface area (TPSA) is 61.9 Å². The van der Waals surface area contributed by atoms with Crippen LogP contribution in [0.3, 0.4) is 0 Å². The fourth-order valence-electron chi connectivity index (χ4n) is 3.91. The van der Waals surface area contributed by atoms with E-state index in [1.807, 2.05) is 103 Å². The van der Waals surface area contributed by atoms with Crippen LogP contribution in [0.15, 0.2) is 54.6 Å². The third kappa shape index (κ3) is 18.2. The lowest BCUT2D eigenvalue weighted by Gasteiger charge is -2.31. The highest BCUT2D eigenvalue weighted by Gasteiger charge is 2.23. The number of likely N-dealkylation sites (tertiary alicyclic amines) is 1. The molecule has 1 N–H and O–H groups in total. The predicted octanol–water partition coefficient (Wildman–Crippen LogP) is 10.2. The standard InChI is InChI=1S/C25H33N3O3.3C2H6.4CH4/c1-3-16-27(2)24(29)15-19-28-17-13-21(14-18-28)31-25(30)26-23-12-8-7-11-22(23)20-9-5-4-6-10-20;3*1-2;;;;/h4-12,21H,3,13-19H2,1-2H3,(H,26,30);3*1-2H3;4*1H4. The van der Waals surface area contributed by atoms with E-state index in [9.17, 15) is 9.59 Å². The van der Waals surface area contributed by atoms with E-state index in [2.05, 4.69) is 17.1 Å². The lowest BCUT2D eigenvalue weighted by Crippen LogP contribution is -2.40. The normalized spacial score (nSPS) is 11.6. The number of amides is 2. The summed E-state index contributed by atoms with van der Waals surface area (Å²) in [5.74, 6) is 0.191. The van der Waals surface area contributed by atoms with E-state index < -0.39 is 6.09 Å². The van der Waals surface area contributed by atoms with Gasteiger partial charge in [0, 0.05) is 45.2 Å². The van der Waals surface area contributed by atoms with Gasteiger partial charge in [-0.25, -0.2) is 4.79 Å². The Balaban J connectivity index is -0.000000405. The molecule has 6 nitrogen and oxygen atoms in total. The molecular weight excluding hydrogens is 510 g/mol. The Labute approximate surface area is 255 Å². The Morgan fingerprint density at radius 2 is 1.37 bits per heavy atom. The second kappa shape index (κ2) is 30.1. The SMILES string of the molecule is C.C.C.C.CC.CC.CC.CCCN(C)C(=O)CCN1CCC(OC(=O)Nc2ccccc2-c2ccccc2)CC1. The van der Waals surface area contributed by atoms with Crippen molar-refractivity contribution in [3.05, 3.63) is 54.6 Å². The summed E-state index contributed by atoms with van der Waals surface area (Å²) in [5, 5.41) is 2.91. The van der Waals surface area contributed by atoms with Crippen LogP contribution in [0.2, 0.25) is 0 Å². The van der Waals surface area contributed by atoms with E-state index in [1.165, 1.54) is 0 Å². The lowest BCUT2D eigenvalue weighted by molar-refractivity contribution is -0.130. The Hall–Kier alpha value is -2.86. The van der Waals surface area contributed by atoms with Crippen LogP contribution in [0.25, 0.3) is 11.1 Å². The molecule has 3 rings (SSSR count). The number of piperidine rings is 1. The first-order valence-corrected chi connectivity index (χ1v) is 14.1. The number of benzene rings is 2. The molecule has 2 aromatic rings. The van der Waals surface area contributed by atoms with E-state index in [1.54, 1.807) is 4.90 Å². The van der Waals surface area contributed by atoms with E-state index >= 15 is 0 Å². The first kappa shape index (κ1) is 47.9. The van der Waals surface area contributed by atoms with Crippen LogP contribution in [0, 0.1) is 0 Å². The van der Waals surface area contributed by atoms with Gasteiger partial charge in [0.25, 0.3) is 0 Å². The monoisotopic (exact) mass is 578 g/mol. The second-order valence-electron chi connectivity index (χ2n) is 8.05. The van der Waals surface area contributed by atoms with Crippen LogP contribution in [-0.2, 0) is 9.53 Å². The first-order valence-electron chi connectivity index (χ1n) is 14.1. The number of carbonyl (C=O) groups is 2. The van der Waals surface area contributed by atoms with Gasteiger partial charge in [0.2, 0.25) is 5.91 Å². The predicted molar refractivity (Wildman–Crippen MR) is 185 cm³/mol. The zero-order chi connectivity index (χ0) is 28.1. The highest BCUT2D eigenvalue weighted by Crippen LogP contribution is 2.28. The Bertz CT molecular complexity index is 851. The molecule has 2 amide bonds. The average molecular weight is 578 g/mol. The smallest absolute Gasteiger partial charge is 0.411 e. The zero-order valence-corrected chi connectivity index (χ0v) is 24.5. The highest BCUT2D eigenvalue weighted by molar-refractivity contribution is 5.91. The van der Waals surface area contributed by atoms with E-state index in [0.29, 0.717) is 6.42 Å². The van der Waals surface area contributed by atoms with Crippen LogP contribution in [0.4, 0.5) is 10.5 Å². The largest absolute Gasteiger partial charge is 0.446 e. The molecule has 1 saturated heterocycles. The zero-order valence-electron chi connectivity index (χ0n) is 24.5. The van der Waals surface area contributed by atoms with Crippen molar-refractivity contribution in [3.8, 4) is 11.1 Å². The third-order valence-electron chi connectivity index (χ3n) is 5.68. The van der Waals surface area contributed by atoms with Crippen LogP contribution in [0.1, 0.15) is 104 Å². The van der Waals surface area contributed by atoms with Crippen LogP contribution in [0.5, 0.6) is 0 Å². The van der Waals surface area contributed by atoms with Crippen molar-refractivity contribution >= 4 is 17.7 Å². The molecule has 2 aromatic carbocycles. The molecule has 0 atom stereocenters. The number of hydrogen-bond acceptors (Lipinski definition) is 4. The summed E-state index contributed by atoms with van der Waals surface area (Å²) < 4.78 is 5.68. The van der Waals surface area contributed by atoms with Crippen molar-refractivity contribution in [3.63, 3.8) is 0 Å². The van der Waals surface area contributed by atoms with Crippen molar-refractivity contribution in [1.82, 2.24) is 9.80 Å². The van der Waals surface area contributed by atoms with Crippen LogP contribution in [-0.4, -0.2) is 61.1 Å². The second-order valence-corrected chi connectivity index (χ2v) is 8.05. The molecule has 1 fully saturated rings. The van der Waals surface area contributed by atoms with Crippen LogP contribution >= 0.6 is 0 Å². The minimum Gasteiger partial charge on any atom is -0.446 e. The molecule has 0 bridgehead atoms. The number of hydrogen-bond donors (Lipinski definition) is 1. The molecule has 0 aromatic heterocycles. The molecule has 41 heavy (non-hydrogen) atoms. The van der Waals surface area contributed by atoms with Crippen molar-refractivity contribution in [1.29, 1.82) is 0 Å². The molecule has 0 unspecified atom stereocenters. The summed E-state index contributed by atoms with van der Waals surface area (Å²) in [6, 6.07) is 17.7. The fraction of sp³-hybridized carbons (Fsp3) is 0.600. The summed E-state index contributed by atoms with van der Waals surface area (Å²) in [6.45, 7) is 17.3. The van der Waals surface area contributed by atoms with Crippen molar-refractivity contribution in [2.45, 2.75) is 110 Å². The summed E-state index contributed by atoms with van der Waals surface area (Å²) in [6.07, 6.45) is 2.57. The Morgan fingerprint density at radius 1 is 0.854 bits per heavy atom. The van der Waals surface area contributed by atoms with E-state index in [-0.39, 0.29) is 41.7 Å². The maximum Gasteiger partial charge on any atom is 0.411 e. The molecule has 1 heterocycles. The molecule has 0 aliphatic carbocycles. The van der Waals surface area contributed by atoms with E-state index in [0.717, 1.165) is 62.3 Å². The Morgan fingerprint density at radius 3 is 1.90 bits per heavy atom. The molecule has 0 radical (unpaired) electrons. The third-order valence-corrected chi connectivity index (χ3v) is 5.68. The maximum absolute atomic E-state index is 12.5. The number of nitrogens with zero attached hydrogens (tertiary/aromatic N) is 2. The summed E-state index contributed by atoms with van der Waals surface area (Å²) in [5.41, 5.74) is 2.75. The van der Waals surface area contributed by atoms with Crippen molar-refractivity contribution in [2.75, 3.05) is 38.5 Å². The molecule has 1 aliphatic rings. The summed E-state index contributed by atoms with van der Waals surface area (Å²) in [4.78, 5) is 28.7. The lowest BCUT2D eigenvalue weighted by atomic mass is 10.0. The maximum atomic E-state index is 12.5. The highest BCUT2D eigenvalue weighted by atomic mass is 16.6. The molecular formula is C35H67N3O3. The summed E-state index contributed by atoms with van der Waals surface area (Å²) >= 11 is 0. The minimum absolute atomic E-state index is 0. The van der Waals surface area contributed by atoms with Gasteiger partial charge in [-0.05, 0) is 30.9 Å². The fourth-order valence-corrected chi connectivity index (χ4v) is 3.91. The molecule has 1 aliphatic heterocycles. The van der Waals surface area contributed by atoms with Gasteiger partial charge in [-0.15, -0.1) is 0 Å². The van der Waals surface area contributed by atoms with E-state index in [4.69, 9.17) is 4.74 Å². The number of rotatable bonds is 8. The first-order chi connectivity index (χ1) is 18.1. The number of para-hydroxylation sites is 1. The molecule has 240 valence electrons. The quantitative estimate of drug-likeness (QED) is 0.339. The number of carbonyl (C=O) groups excluding carboxylic acids is 2. The number of nitrogens with one attached hydrogen (secondary N) is 1. The average Bonchev–Trinajstić information content (AvgIpc) is 2.96. The number of anilines is 1. The molecule has 0 saturated carbocycles. The van der Waals surface area contributed by atoms with Gasteiger partial charge in [-0.3, -0.25) is 10.1 Å². The summed E-state index contributed by atoms with van der Waals surface area (Å²) in [7, 11) is 1.86. The van der Waals surface area contributed by atoms with Crippen molar-refractivity contribution in [2.24, 2.45) is 0 Å². The van der Waals surface area contributed by atoms with Gasteiger partial charge < -0.3 is 14.5 Å². The van der Waals surface area contributed by atoms with Gasteiger partial charge in [0.1, 0.15) is 6.10 Å². The van der Waals surface area contributed by atoms with Crippen molar-refractivity contribution < 1.29 is 14.3 Å². The Kier molecular flexibility index (Phi) is 35.2. The van der Waals surface area contributed by atoms with Crippen LogP contribution < -0.4 is 5.32 Å². The molecule has 6 heteroatoms. The number of ether oxygens (including phenoxy) is 1. The van der Waals surface area contributed by atoms with Gasteiger partial charge in [0.05, 0.1) is 5.69 Å². The minimum atomic E-state index is -0.418. The molecule has 0 spiro atoms. The van der Waals surface area contributed by atoms with Gasteiger partial charge in [-0.1, -0.05) is 127 Å². The van der Waals surface area contributed by atoms with Gasteiger partial charge >= 0.3 is 6.09 Å². The van der Waals surface area contributed by atoms with Gasteiger partial charge in [0.15, 0.2) is 0 Å². The van der Waals surface area contributed by atoms with Gasteiger partial charge in [-0.2, -0.15) is 0 Å².